The molecule has 6 nitrogen and oxygen atoms in total. The minimum absolute atomic E-state index is 0.0282. The van der Waals surface area contributed by atoms with E-state index in [1.165, 1.54) is 70.6 Å². The van der Waals surface area contributed by atoms with Crippen LogP contribution >= 0.6 is 0 Å². The molecule has 3 atom stereocenters. The van der Waals surface area contributed by atoms with Gasteiger partial charge in [-0.1, -0.05) is 208 Å². The van der Waals surface area contributed by atoms with Crippen LogP contribution in [0.1, 0.15) is 201 Å². The van der Waals surface area contributed by atoms with Crippen molar-refractivity contribution < 1.29 is 24.5 Å². The zero-order valence-corrected chi connectivity index (χ0v) is 38.1. The van der Waals surface area contributed by atoms with E-state index >= 15 is 0 Å². The zero-order valence-electron chi connectivity index (χ0n) is 38.1. The number of carbonyl (C=O) groups is 2. The number of ether oxygens (including phenoxy) is 1. The highest BCUT2D eigenvalue weighted by atomic mass is 16.5. The van der Waals surface area contributed by atoms with Gasteiger partial charge in [0.2, 0.25) is 5.91 Å². The lowest BCUT2D eigenvalue weighted by molar-refractivity contribution is -0.151. The van der Waals surface area contributed by atoms with Crippen LogP contribution in [0, 0.1) is 0 Å². The summed E-state index contributed by atoms with van der Waals surface area (Å²) in [6, 6.07) is -0.728. The van der Waals surface area contributed by atoms with E-state index in [0.717, 1.165) is 77.0 Å². The number of nitrogens with one attached hydrogen (secondary N) is 1. The van der Waals surface area contributed by atoms with Crippen LogP contribution in [-0.2, 0) is 14.3 Å². The Hall–Kier alpha value is -3.22. The third-order valence-electron chi connectivity index (χ3n) is 10.3. The third kappa shape index (κ3) is 41.3. The van der Waals surface area contributed by atoms with Crippen molar-refractivity contribution in [2.45, 2.75) is 219 Å². The van der Waals surface area contributed by atoms with Gasteiger partial charge in [-0.15, -0.1) is 0 Å². The van der Waals surface area contributed by atoms with Crippen molar-refractivity contribution in [3.8, 4) is 0 Å². The van der Waals surface area contributed by atoms with Crippen LogP contribution in [-0.4, -0.2) is 46.9 Å². The van der Waals surface area contributed by atoms with Gasteiger partial charge in [0.25, 0.3) is 0 Å². The van der Waals surface area contributed by atoms with Gasteiger partial charge in [-0.25, -0.2) is 0 Å². The maximum atomic E-state index is 13.2. The fraction of sp³-hybridized carbons (Fsp3) is 0.660. The van der Waals surface area contributed by atoms with E-state index in [-0.39, 0.29) is 31.3 Å². The number of hydrogen-bond donors (Lipinski definition) is 3. The van der Waals surface area contributed by atoms with Gasteiger partial charge in [0.1, 0.15) is 6.10 Å². The second kappa shape index (κ2) is 45.9. The largest absolute Gasteiger partial charge is 0.462 e. The average molecular weight is 820 g/mol. The molecule has 0 aliphatic heterocycles. The van der Waals surface area contributed by atoms with E-state index in [0.29, 0.717) is 19.3 Å². The Kier molecular flexibility index (Phi) is 43.4. The average Bonchev–Trinajstić information content (AvgIpc) is 3.23. The molecule has 0 saturated heterocycles. The predicted molar refractivity (Wildman–Crippen MR) is 254 cm³/mol. The first-order valence-corrected chi connectivity index (χ1v) is 24.0. The maximum Gasteiger partial charge on any atom is 0.306 e. The van der Waals surface area contributed by atoms with Crippen LogP contribution in [0.25, 0.3) is 0 Å². The van der Waals surface area contributed by atoms with Crippen molar-refractivity contribution in [2.24, 2.45) is 0 Å². The Labute approximate surface area is 363 Å². The normalized spacial score (nSPS) is 14.2. The quantitative estimate of drug-likeness (QED) is 0.0247. The molecule has 0 spiro atoms. The molecule has 0 rings (SSSR count). The predicted octanol–water partition coefficient (Wildman–Crippen LogP) is 14.2. The molecule has 0 aromatic carbocycles. The summed E-state index contributed by atoms with van der Waals surface area (Å²) in [4.78, 5) is 26.0. The van der Waals surface area contributed by atoms with E-state index < -0.39 is 18.2 Å². The van der Waals surface area contributed by atoms with E-state index in [4.69, 9.17) is 4.74 Å². The first-order valence-electron chi connectivity index (χ1n) is 24.0. The molecular weight excluding hydrogens is 731 g/mol. The molecule has 0 bridgehead atoms. The molecule has 336 valence electrons. The number of aliphatic hydroxyl groups is 2. The second-order valence-electron chi connectivity index (χ2n) is 15.9. The number of amides is 1. The molecule has 0 saturated carbocycles. The minimum atomic E-state index is -0.810. The lowest BCUT2D eigenvalue weighted by Crippen LogP contribution is -2.46. The number of rotatable bonds is 41. The first-order chi connectivity index (χ1) is 29.0. The van der Waals surface area contributed by atoms with Crippen LogP contribution in [0.2, 0.25) is 0 Å². The van der Waals surface area contributed by atoms with Crippen molar-refractivity contribution in [1.82, 2.24) is 5.32 Å². The van der Waals surface area contributed by atoms with Crippen molar-refractivity contribution in [2.75, 3.05) is 6.61 Å². The van der Waals surface area contributed by atoms with Gasteiger partial charge in [-0.3, -0.25) is 9.59 Å². The van der Waals surface area contributed by atoms with Crippen LogP contribution < -0.4 is 5.32 Å². The molecule has 6 heteroatoms. The first kappa shape index (κ1) is 55.8. The Bertz CT molecular complexity index is 1190. The van der Waals surface area contributed by atoms with Gasteiger partial charge >= 0.3 is 5.97 Å². The summed E-state index contributed by atoms with van der Waals surface area (Å²) in [6.07, 6.45) is 60.4. The van der Waals surface area contributed by atoms with Crippen molar-refractivity contribution in [3.63, 3.8) is 0 Å². The van der Waals surface area contributed by atoms with Gasteiger partial charge in [0.15, 0.2) is 0 Å². The monoisotopic (exact) mass is 820 g/mol. The highest BCUT2D eigenvalue weighted by molar-refractivity contribution is 5.77. The van der Waals surface area contributed by atoms with Gasteiger partial charge in [0, 0.05) is 6.42 Å². The van der Waals surface area contributed by atoms with Crippen molar-refractivity contribution in [3.05, 3.63) is 97.2 Å². The number of hydrogen-bond acceptors (Lipinski definition) is 5. The summed E-state index contributed by atoms with van der Waals surface area (Å²) in [6.45, 7) is 6.26. The summed E-state index contributed by atoms with van der Waals surface area (Å²) in [5.74, 6) is -0.594. The van der Waals surface area contributed by atoms with Crippen LogP contribution in [0.15, 0.2) is 97.2 Å². The van der Waals surface area contributed by atoms with E-state index in [1.807, 2.05) is 54.7 Å². The summed E-state index contributed by atoms with van der Waals surface area (Å²) in [5.41, 5.74) is 0. The molecule has 3 unspecified atom stereocenters. The van der Waals surface area contributed by atoms with Gasteiger partial charge < -0.3 is 20.3 Å². The number of unbranched alkanes of at least 4 members (excludes halogenated alkanes) is 17. The molecule has 0 radical (unpaired) electrons. The van der Waals surface area contributed by atoms with Crippen molar-refractivity contribution in [1.29, 1.82) is 0 Å². The Morgan fingerprint density at radius 3 is 1.56 bits per heavy atom. The van der Waals surface area contributed by atoms with Crippen LogP contribution in [0.3, 0.4) is 0 Å². The Morgan fingerprint density at radius 1 is 0.525 bits per heavy atom. The smallest absolute Gasteiger partial charge is 0.306 e. The molecule has 0 fully saturated rings. The SMILES string of the molecule is CC/C=C/C=C/C=C\C=C/C=C/CCCC(=O)OC(CCCCCC/C=C\C/C=C\C/C=C\CCCCC)CC(=O)NC(CO)C(O)CCCCCCCCCCCC. The maximum absolute atomic E-state index is 13.2. The lowest BCUT2D eigenvalue weighted by Gasteiger charge is -2.24. The molecule has 0 heterocycles. The molecule has 0 aliphatic carbocycles. The van der Waals surface area contributed by atoms with E-state index in [2.05, 4.69) is 68.6 Å². The zero-order chi connectivity index (χ0) is 43.1. The molecule has 3 N–H and O–H groups in total. The van der Waals surface area contributed by atoms with Gasteiger partial charge in [-0.2, -0.15) is 0 Å². The highest BCUT2D eigenvalue weighted by Gasteiger charge is 2.24. The minimum Gasteiger partial charge on any atom is -0.462 e. The summed E-state index contributed by atoms with van der Waals surface area (Å²) in [7, 11) is 0. The fourth-order valence-corrected chi connectivity index (χ4v) is 6.64. The summed E-state index contributed by atoms with van der Waals surface area (Å²) in [5, 5.41) is 23.6. The summed E-state index contributed by atoms with van der Waals surface area (Å²) < 4.78 is 5.87. The topological polar surface area (TPSA) is 95.9 Å². The van der Waals surface area contributed by atoms with Crippen molar-refractivity contribution >= 4 is 11.9 Å². The molecule has 0 aromatic heterocycles. The third-order valence-corrected chi connectivity index (χ3v) is 10.3. The Morgan fingerprint density at radius 2 is 0.983 bits per heavy atom. The second-order valence-corrected chi connectivity index (χ2v) is 15.9. The van der Waals surface area contributed by atoms with E-state index in [1.54, 1.807) is 0 Å². The van der Waals surface area contributed by atoms with Gasteiger partial charge in [-0.05, 0) is 77.0 Å². The van der Waals surface area contributed by atoms with Gasteiger partial charge in [0.05, 0.1) is 25.2 Å². The number of carbonyl (C=O) groups excluding carboxylic acids is 2. The standard InChI is InChI=1S/C53H89NO5/c1-4-7-10-13-16-19-22-24-25-26-27-29-30-32-35-38-41-44-49(59-53(58)46-43-40-37-34-31-28-23-20-17-14-11-8-5-2)47-52(57)54-50(48-55)51(56)45-42-39-36-33-21-18-15-12-9-6-3/h8,11,14,16-17,19-20,23-25,27-29,31,34,37,49-51,55-56H,4-7,9-10,12-13,15,18,21-22,26,30,32-33,35-36,38-48H2,1-3H3,(H,54,57)/b11-8+,17-14+,19-16-,23-20-,25-24-,29-27-,31-28-,37-34+. The van der Waals surface area contributed by atoms with E-state index in [9.17, 15) is 19.8 Å². The van der Waals surface area contributed by atoms with Crippen LogP contribution in [0.5, 0.6) is 0 Å². The molecule has 59 heavy (non-hydrogen) atoms. The molecular formula is C53H89NO5. The molecule has 1 amide bonds. The molecule has 0 aromatic rings. The van der Waals surface area contributed by atoms with Crippen LogP contribution in [0.4, 0.5) is 0 Å². The fourth-order valence-electron chi connectivity index (χ4n) is 6.64. The number of esters is 1. The number of allylic oxidation sites excluding steroid dienone is 16. The number of aliphatic hydroxyl groups excluding tert-OH is 2. The molecule has 0 aliphatic rings. The Balaban J connectivity index is 4.79. The summed E-state index contributed by atoms with van der Waals surface area (Å²) >= 11 is 0. The highest BCUT2D eigenvalue weighted by Crippen LogP contribution is 2.16. The lowest BCUT2D eigenvalue weighted by atomic mass is 10.0.